The van der Waals surface area contributed by atoms with Crippen LogP contribution < -0.4 is 0 Å². The Morgan fingerprint density at radius 2 is 2.04 bits per heavy atom. The van der Waals surface area contributed by atoms with E-state index in [0.29, 0.717) is 32.6 Å². The van der Waals surface area contributed by atoms with Gasteiger partial charge in [0, 0.05) is 19.6 Å². The molecule has 0 radical (unpaired) electrons. The summed E-state index contributed by atoms with van der Waals surface area (Å²) in [6, 6.07) is 6.34. The predicted octanol–water partition coefficient (Wildman–Crippen LogP) is 2.84. The van der Waals surface area contributed by atoms with E-state index in [1.807, 2.05) is 9.80 Å². The minimum atomic E-state index is -0.757. The Hall–Kier alpha value is -1.88. The number of unbranched alkanes of at least 4 members (excludes halogenated alkanes) is 1. The van der Waals surface area contributed by atoms with Crippen molar-refractivity contribution in [1.29, 1.82) is 0 Å². The molecule has 1 heterocycles. The second kappa shape index (κ2) is 8.99. The number of aliphatic carboxylic acids is 1. The van der Waals surface area contributed by atoms with E-state index in [4.69, 9.17) is 5.11 Å². The topological polar surface area (TPSA) is 60.9 Å². The Labute approximate surface area is 150 Å². The van der Waals surface area contributed by atoms with Crippen LogP contribution in [0, 0.1) is 19.8 Å². The van der Waals surface area contributed by atoms with Crippen LogP contribution in [0.2, 0.25) is 0 Å². The number of aryl methyl sites for hydroxylation is 2. The van der Waals surface area contributed by atoms with Gasteiger partial charge in [-0.05, 0) is 49.9 Å². The van der Waals surface area contributed by atoms with Crippen molar-refractivity contribution in [2.75, 3.05) is 26.2 Å². The maximum atomic E-state index is 12.8. The summed E-state index contributed by atoms with van der Waals surface area (Å²) in [5.41, 5.74) is 3.65. The lowest BCUT2D eigenvalue weighted by molar-refractivity contribution is -0.141. The van der Waals surface area contributed by atoms with Crippen molar-refractivity contribution < 1.29 is 14.7 Å². The monoisotopic (exact) mass is 346 g/mol. The molecule has 1 amide bonds. The van der Waals surface area contributed by atoms with Crippen LogP contribution in [0.1, 0.15) is 42.9 Å². The first-order chi connectivity index (χ1) is 11.9. The van der Waals surface area contributed by atoms with Gasteiger partial charge in [-0.3, -0.25) is 14.5 Å². The maximum Gasteiger partial charge on any atom is 0.307 e. The molecule has 1 aliphatic rings. The largest absolute Gasteiger partial charge is 0.481 e. The molecule has 0 aliphatic carbocycles. The molecular weight excluding hydrogens is 316 g/mol. The number of carbonyl (C=O) groups excluding carboxylic acids is 1. The number of hydrogen-bond donors (Lipinski definition) is 1. The van der Waals surface area contributed by atoms with E-state index in [1.165, 1.54) is 11.1 Å². The number of carbonyl (C=O) groups is 2. The Balaban J connectivity index is 1.99. The van der Waals surface area contributed by atoms with Crippen LogP contribution in [0.25, 0.3) is 0 Å². The predicted molar refractivity (Wildman–Crippen MR) is 98.4 cm³/mol. The lowest BCUT2D eigenvalue weighted by Gasteiger charge is -2.26. The normalized spacial score (nSPS) is 17.6. The van der Waals surface area contributed by atoms with Crippen molar-refractivity contribution in [2.24, 2.45) is 5.92 Å². The van der Waals surface area contributed by atoms with Crippen LogP contribution in [-0.2, 0) is 16.1 Å². The summed E-state index contributed by atoms with van der Waals surface area (Å²) in [7, 11) is 0. The number of likely N-dealkylation sites (tertiary alicyclic amines) is 1. The summed E-state index contributed by atoms with van der Waals surface area (Å²) in [6.45, 7) is 9.16. The molecule has 0 aromatic heterocycles. The van der Waals surface area contributed by atoms with Crippen LogP contribution in [0.3, 0.4) is 0 Å². The second-order valence-corrected chi connectivity index (χ2v) is 7.15. The van der Waals surface area contributed by atoms with Gasteiger partial charge in [-0.15, -0.1) is 0 Å². The van der Waals surface area contributed by atoms with E-state index in [-0.39, 0.29) is 11.8 Å². The molecule has 5 nitrogen and oxygen atoms in total. The number of carboxylic acid groups (broad SMARTS) is 1. The van der Waals surface area contributed by atoms with Gasteiger partial charge in [-0.25, -0.2) is 0 Å². The third kappa shape index (κ3) is 5.56. The zero-order chi connectivity index (χ0) is 18.4. The van der Waals surface area contributed by atoms with Gasteiger partial charge in [0.15, 0.2) is 0 Å². The van der Waals surface area contributed by atoms with E-state index >= 15 is 0 Å². The smallest absolute Gasteiger partial charge is 0.307 e. The Morgan fingerprint density at radius 3 is 2.64 bits per heavy atom. The Kier molecular flexibility index (Phi) is 7.00. The molecule has 1 saturated heterocycles. The van der Waals surface area contributed by atoms with E-state index in [1.54, 1.807) is 0 Å². The van der Waals surface area contributed by atoms with Gasteiger partial charge < -0.3 is 10.0 Å². The van der Waals surface area contributed by atoms with E-state index in [2.05, 4.69) is 39.0 Å². The van der Waals surface area contributed by atoms with E-state index in [0.717, 1.165) is 24.9 Å². The first kappa shape index (κ1) is 19.4. The standard InChI is InChI=1S/C20H30N2O3/c1-4-5-9-22(12-17-7-6-15(2)16(3)11-17)19(23)14-21-10-8-18(13-21)20(24)25/h6-7,11,18H,4-5,8-10,12-14H2,1-3H3,(H,24,25). The molecule has 25 heavy (non-hydrogen) atoms. The zero-order valence-corrected chi connectivity index (χ0v) is 15.6. The second-order valence-electron chi connectivity index (χ2n) is 7.15. The number of benzene rings is 1. The highest BCUT2D eigenvalue weighted by Gasteiger charge is 2.29. The van der Waals surface area contributed by atoms with Gasteiger partial charge in [-0.1, -0.05) is 31.5 Å². The van der Waals surface area contributed by atoms with E-state index < -0.39 is 5.97 Å². The molecule has 2 rings (SSSR count). The number of carboxylic acids is 1. The van der Waals surface area contributed by atoms with Gasteiger partial charge in [0.05, 0.1) is 12.5 Å². The molecule has 1 aromatic carbocycles. The molecule has 1 aliphatic heterocycles. The van der Waals surface area contributed by atoms with Gasteiger partial charge in [0.1, 0.15) is 0 Å². The third-order valence-corrected chi connectivity index (χ3v) is 5.06. The van der Waals surface area contributed by atoms with Gasteiger partial charge in [0.2, 0.25) is 5.91 Å². The lowest BCUT2D eigenvalue weighted by atomic mass is 10.1. The van der Waals surface area contributed by atoms with Gasteiger partial charge in [-0.2, -0.15) is 0 Å². The molecule has 0 spiro atoms. The molecule has 138 valence electrons. The third-order valence-electron chi connectivity index (χ3n) is 5.06. The summed E-state index contributed by atoms with van der Waals surface area (Å²) in [6.07, 6.45) is 2.66. The molecule has 0 bridgehead atoms. The number of amides is 1. The van der Waals surface area contributed by atoms with Gasteiger partial charge >= 0.3 is 5.97 Å². The molecule has 1 atom stereocenters. The fraction of sp³-hybridized carbons (Fsp3) is 0.600. The lowest BCUT2D eigenvalue weighted by Crippen LogP contribution is -2.40. The molecule has 1 unspecified atom stereocenters. The van der Waals surface area contributed by atoms with Gasteiger partial charge in [0.25, 0.3) is 0 Å². The molecule has 1 aromatic rings. The molecule has 5 heteroatoms. The highest BCUT2D eigenvalue weighted by atomic mass is 16.4. The SMILES string of the molecule is CCCCN(Cc1ccc(C)c(C)c1)C(=O)CN1CCC(C(=O)O)C1. The van der Waals surface area contributed by atoms with Crippen LogP contribution in [-0.4, -0.2) is 53.0 Å². The minimum Gasteiger partial charge on any atom is -0.481 e. The first-order valence-electron chi connectivity index (χ1n) is 9.19. The highest BCUT2D eigenvalue weighted by Crippen LogP contribution is 2.17. The minimum absolute atomic E-state index is 0.0951. The highest BCUT2D eigenvalue weighted by molar-refractivity contribution is 5.78. The van der Waals surface area contributed by atoms with Crippen molar-refractivity contribution in [2.45, 2.75) is 46.6 Å². The molecule has 1 N–H and O–H groups in total. The Morgan fingerprint density at radius 1 is 1.28 bits per heavy atom. The maximum absolute atomic E-state index is 12.8. The quantitative estimate of drug-likeness (QED) is 0.786. The molecule has 1 fully saturated rings. The summed E-state index contributed by atoms with van der Waals surface area (Å²) in [5.74, 6) is -0.998. The van der Waals surface area contributed by atoms with Crippen molar-refractivity contribution >= 4 is 11.9 Å². The summed E-state index contributed by atoms with van der Waals surface area (Å²) in [5, 5.41) is 9.11. The summed E-state index contributed by atoms with van der Waals surface area (Å²) >= 11 is 0. The van der Waals surface area contributed by atoms with Crippen LogP contribution in [0.15, 0.2) is 18.2 Å². The van der Waals surface area contributed by atoms with Crippen LogP contribution >= 0.6 is 0 Å². The molecule has 0 saturated carbocycles. The van der Waals surface area contributed by atoms with Crippen LogP contribution in [0.4, 0.5) is 0 Å². The summed E-state index contributed by atoms with van der Waals surface area (Å²) < 4.78 is 0. The van der Waals surface area contributed by atoms with E-state index in [9.17, 15) is 9.59 Å². The van der Waals surface area contributed by atoms with Crippen molar-refractivity contribution in [1.82, 2.24) is 9.80 Å². The number of hydrogen-bond acceptors (Lipinski definition) is 3. The fourth-order valence-corrected chi connectivity index (χ4v) is 3.23. The average molecular weight is 346 g/mol. The number of nitrogens with zero attached hydrogens (tertiary/aromatic N) is 2. The van der Waals surface area contributed by atoms with Crippen molar-refractivity contribution in [3.8, 4) is 0 Å². The fourth-order valence-electron chi connectivity index (χ4n) is 3.23. The van der Waals surface area contributed by atoms with Crippen molar-refractivity contribution in [3.05, 3.63) is 34.9 Å². The molecular formula is C20H30N2O3. The summed E-state index contributed by atoms with van der Waals surface area (Å²) in [4.78, 5) is 27.8. The van der Waals surface area contributed by atoms with Crippen molar-refractivity contribution in [3.63, 3.8) is 0 Å². The first-order valence-corrected chi connectivity index (χ1v) is 9.19. The Bertz CT molecular complexity index is 615. The van der Waals surface area contributed by atoms with Crippen LogP contribution in [0.5, 0.6) is 0 Å². The number of rotatable bonds is 8. The average Bonchev–Trinajstić information content (AvgIpc) is 3.03. The zero-order valence-electron chi connectivity index (χ0n) is 15.6.